The summed E-state index contributed by atoms with van der Waals surface area (Å²) < 4.78 is 6.03. The predicted molar refractivity (Wildman–Crippen MR) is 117 cm³/mol. The van der Waals surface area contributed by atoms with E-state index in [1.54, 1.807) is 12.1 Å². The van der Waals surface area contributed by atoms with Gasteiger partial charge in [0.25, 0.3) is 5.91 Å². The number of ether oxygens (including phenoxy) is 1. The largest absolute Gasteiger partial charge is 0.374 e. The highest BCUT2D eigenvalue weighted by molar-refractivity contribution is 14.0. The van der Waals surface area contributed by atoms with Crippen molar-refractivity contribution < 1.29 is 9.53 Å². The summed E-state index contributed by atoms with van der Waals surface area (Å²) >= 11 is 6.05. The number of hydrogen-bond donors (Lipinski definition) is 2. The Morgan fingerprint density at radius 3 is 2.44 bits per heavy atom. The molecule has 1 aromatic rings. The van der Waals surface area contributed by atoms with E-state index in [0.717, 1.165) is 19.0 Å². The maximum Gasteiger partial charge on any atom is 0.252 e. The van der Waals surface area contributed by atoms with Gasteiger partial charge >= 0.3 is 0 Å². The first-order valence-electron chi connectivity index (χ1n) is 9.31. The van der Waals surface area contributed by atoms with Crippen LogP contribution in [0.4, 0.5) is 0 Å². The molecule has 1 amide bonds. The Morgan fingerprint density at radius 1 is 1.19 bits per heavy atom. The van der Waals surface area contributed by atoms with Gasteiger partial charge in [-0.15, -0.1) is 24.0 Å². The van der Waals surface area contributed by atoms with Crippen LogP contribution in [0.25, 0.3) is 0 Å². The van der Waals surface area contributed by atoms with Crippen molar-refractivity contribution in [3.05, 3.63) is 34.9 Å². The summed E-state index contributed by atoms with van der Waals surface area (Å²) in [6.07, 6.45) is 3.31. The third-order valence-electron chi connectivity index (χ3n) is 5.78. The first-order valence-corrected chi connectivity index (χ1v) is 9.69. The number of aliphatic imine (C=N–C) groups is 1. The van der Waals surface area contributed by atoms with Gasteiger partial charge in [-0.3, -0.25) is 9.79 Å². The first-order chi connectivity index (χ1) is 12.7. The average molecular weight is 505 g/mol. The van der Waals surface area contributed by atoms with Crippen LogP contribution in [0, 0.1) is 11.8 Å². The van der Waals surface area contributed by atoms with Gasteiger partial charge in [0.15, 0.2) is 5.96 Å². The lowest BCUT2D eigenvalue weighted by molar-refractivity contribution is 0.0767. The van der Waals surface area contributed by atoms with Gasteiger partial charge in [-0.05, 0) is 25.0 Å². The summed E-state index contributed by atoms with van der Waals surface area (Å²) in [5.41, 5.74) is 0.501. The highest BCUT2D eigenvalue weighted by Gasteiger charge is 2.53. The quantitative estimate of drug-likeness (QED) is 0.286. The molecule has 0 saturated carbocycles. The highest BCUT2D eigenvalue weighted by Crippen LogP contribution is 2.47. The molecule has 8 heteroatoms. The van der Waals surface area contributed by atoms with Gasteiger partial charge in [0.2, 0.25) is 0 Å². The van der Waals surface area contributed by atoms with Crippen LogP contribution in [0.3, 0.4) is 0 Å². The van der Waals surface area contributed by atoms with Crippen molar-refractivity contribution in [2.75, 3.05) is 33.2 Å². The smallest absolute Gasteiger partial charge is 0.252 e. The van der Waals surface area contributed by atoms with Crippen molar-refractivity contribution in [2.45, 2.75) is 25.0 Å². The van der Waals surface area contributed by atoms with E-state index in [9.17, 15) is 4.79 Å². The number of guanidine groups is 1. The second-order valence-corrected chi connectivity index (χ2v) is 7.64. The molecule has 6 nitrogen and oxygen atoms in total. The number of carbonyl (C=O) groups is 1. The van der Waals surface area contributed by atoms with Crippen LogP contribution >= 0.6 is 35.6 Å². The molecule has 0 radical (unpaired) electrons. The number of hydrogen-bond acceptors (Lipinski definition) is 3. The second kappa shape index (κ2) is 8.96. The van der Waals surface area contributed by atoms with E-state index >= 15 is 0 Å². The summed E-state index contributed by atoms with van der Waals surface area (Å²) in [5, 5.41) is 6.72. The average Bonchev–Trinajstić information content (AvgIpc) is 3.35. The molecule has 3 saturated heterocycles. The minimum atomic E-state index is -0.156. The van der Waals surface area contributed by atoms with Crippen LogP contribution in [0.1, 0.15) is 23.2 Å². The molecule has 3 heterocycles. The minimum Gasteiger partial charge on any atom is -0.374 e. The van der Waals surface area contributed by atoms with Crippen LogP contribution in [-0.2, 0) is 4.74 Å². The molecule has 2 N–H and O–H groups in total. The summed E-state index contributed by atoms with van der Waals surface area (Å²) in [6.45, 7) is 3.16. The van der Waals surface area contributed by atoms with Gasteiger partial charge in [0.05, 0.1) is 22.8 Å². The van der Waals surface area contributed by atoms with E-state index in [1.807, 2.05) is 19.2 Å². The molecular formula is C19H26ClIN4O2. The number of likely N-dealkylation sites (tertiary alicyclic amines) is 1. The van der Waals surface area contributed by atoms with E-state index in [1.165, 1.54) is 12.8 Å². The Kier molecular flexibility index (Phi) is 6.86. The van der Waals surface area contributed by atoms with E-state index in [2.05, 4.69) is 20.5 Å². The molecule has 4 rings (SSSR count). The fourth-order valence-corrected chi connectivity index (χ4v) is 4.78. The van der Waals surface area contributed by atoms with E-state index in [-0.39, 0.29) is 29.9 Å². The minimum absolute atomic E-state index is 0. The fourth-order valence-electron chi connectivity index (χ4n) is 4.56. The number of rotatable bonds is 4. The number of halogens is 2. The highest BCUT2D eigenvalue weighted by atomic mass is 127. The van der Waals surface area contributed by atoms with E-state index in [0.29, 0.717) is 47.7 Å². The van der Waals surface area contributed by atoms with E-state index in [4.69, 9.17) is 16.3 Å². The lowest BCUT2D eigenvalue weighted by Gasteiger charge is -2.23. The molecule has 0 aliphatic carbocycles. The van der Waals surface area contributed by atoms with Crippen LogP contribution in [0.2, 0.25) is 5.02 Å². The topological polar surface area (TPSA) is 66.0 Å². The van der Waals surface area contributed by atoms with Crippen LogP contribution in [-0.4, -0.2) is 62.2 Å². The van der Waals surface area contributed by atoms with Gasteiger partial charge < -0.3 is 20.3 Å². The van der Waals surface area contributed by atoms with Crippen molar-refractivity contribution in [1.29, 1.82) is 0 Å². The molecule has 4 unspecified atom stereocenters. The lowest BCUT2D eigenvalue weighted by Crippen LogP contribution is -2.44. The zero-order valence-corrected chi connectivity index (χ0v) is 18.4. The maximum atomic E-state index is 12.2. The van der Waals surface area contributed by atoms with Gasteiger partial charge in [0.1, 0.15) is 0 Å². The second-order valence-electron chi connectivity index (χ2n) is 7.23. The molecule has 4 atom stereocenters. The predicted octanol–water partition coefficient (Wildman–Crippen LogP) is 2.37. The molecule has 0 aromatic heterocycles. The van der Waals surface area contributed by atoms with E-state index < -0.39 is 0 Å². The Balaban J connectivity index is 0.00000210. The number of amides is 1. The Morgan fingerprint density at radius 2 is 1.81 bits per heavy atom. The zero-order valence-electron chi connectivity index (χ0n) is 15.4. The van der Waals surface area contributed by atoms with Crippen LogP contribution < -0.4 is 10.6 Å². The summed E-state index contributed by atoms with van der Waals surface area (Å²) in [6, 6.07) is 7.07. The molecular weight excluding hydrogens is 479 g/mol. The number of carbonyl (C=O) groups excluding carboxylic acids is 1. The summed E-state index contributed by atoms with van der Waals surface area (Å²) in [7, 11) is 1.81. The Hall–Kier alpha value is -1.06. The Labute approximate surface area is 182 Å². The van der Waals surface area contributed by atoms with Crippen molar-refractivity contribution in [3.63, 3.8) is 0 Å². The monoisotopic (exact) mass is 504 g/mol. The molecule has 2 bridgehead atoms. The van der Waals surface area contributed by atoms with Gasteiger partial charge in [-0.1, -0.05) is 23.7 Å². The third-order valence-corrected chi connectivity index (χ3v) is 6.11. The number of nitrogens with one attached hydrogen (secondary N) is 2. The van der Waals surface area contributed by atoms with Gasteiger partial charge in [-0.2, -0.15) is 0 Å². The number of benzene rings is 1. The molecule has 3 aliphatic heterocycles. The Bertz CT molecular complexity index is 699. The van der Waals surface area contributed by atoms with Crippen molar-refractivity contribution in [3.8, 4) is 0 Å². The molecule has 0 spiro atoms. The fraction of sp³-hybridized carbons (Fsp3) is 0.579. The molecule has 27 heavy (non-hydrogen) atoms. The molecule has 3 aliphatic rings. The summed E-state index contributed by atoms with van der Waals surface area (Å²) in [4.78, 5) is 18.9. The van der Waals surface area contributed by atoms with Crippen molar-refractivity contribution >= 4 is 47.4 Å². The van der Waals surface area contributed by atoms with Crippen LogP contribution in [0.15, 0.2) is 29.3 Å². The third kappa shape index (κ3) is 4.19. The number of nitrogens with zero attached hydrogens (tertiary/aromatic N) is 2. The normalized spacial score (nSPS) is 28.7. The SMILES string of the molecule is CN=C(NCCNC(=O)c1ccccc1Cl)N1CC2C3CCC(O3)C2C1.I. The standard InChI is InChI=1S/C19H25ClN4O2.HI/c1-21-19(24-10-13-14(11-24)17-7-6-16(13)26-17)23-9-8-22-18(25)12-4-2-3-5-15(12)20;/h2-5,13-14,16-17H,6-11H2,1H3,(H,21,23)(H,22,25);1H. The first kappa shape index (κ1) is 20.7. The van der Waals surface area contributed by atoms with Crippen molar-refractivity contribution in [1.82, 2.24) is 15.5 Å². The van der Waals surface area contributed by atoms with Gasteiger partial charge in [-0.25, -0.2) is 0 Å². The zero-order chi connectivity index (χ0) is 18.1. The lowest BCUT2D eigenvalue weighted by atomic mass is 9.82. The maximum absolute atomic E-state index is 12.2. The summed E-state index contributed by atoms with van der Waals surface area (Å²) in [5.74, 6) is 2.04. The molecule has 148 valence electrons. The molecule has 3 fully saturated rings. The van der Waals surface area contributed by atoms with Gasteiger partial charge in [0, 0.05) is 45.1 Å². The molecule has 1 aromatic carbocycles. The van der Waals surface area contributed by atoms with Crippen LogP contribution in [0.5, 0.6) is 0 Å². The number of fused-ring (bicyclic) bond motifs is 5. The van der Waals surface area contributed by atoms with Crippen molar-refractivity contribution in [2.24, 2.45) is 16.8 Å².